The number of rotatable bonds is 5. The molecule has 2 heterocycles. The summed E-state index contributed by atoms with van der Waals surface area (Å²) in [6.45, 7) is 4.49. The van der Waals surface area contributed by atoms with Gasteiger partial charge in [-0.25, -0.2) is 4.68 Å². The van der Waals surface area contributed by atoms with Crippen molar-refractivity contribution in [1.29, 1.82) is 0 Å². The second-order valence-electron chi connectivity index (χ2n) is 6.66. The van der Waals surface area contributed by atoms with Gasteiger partial charge in [0.2, 0.25) is 5.91 Å². The molecule has 8 nitrogen and oxygen atoms in total. The van der Waals surface area contributed by atoms with Crippen LogP contribution in [0.3, 0.4) is 0 Å². The summed E-state index contributed by atoms with van der Waals surface area (Å²) in [6.07, 6.45) is 1.14. The van der Waals surface area contributed by atoms with E-state index < -0.39 is 0 Å². The Hall–Kier alpha value is -3.16. The fourth-order valence-corrected chi connectivity index (χ4v) is 3.26. The topological polar surface area (TPSA) is 93.5 Å². The molecule has 8 heteroatoms. The number of likely N-dealkylation sites (tertiary alicyclic amines) is 1. The summed E-state index contributed by atoms with van der Waals surface area (Å²) in [6, 6.07) is 10.9. The molecule has 1 aromatic carbocycles. The number of carbonyl (C=O) groups excluding carboxylic acids is 3. The first kappa shape index (κ1) is 19.6. The highest BCUT2D eigenvalue weighted by atomic mass is 16.5. The number of piperidine rings is 1. The number of hydrogen-bond acceptors (Lipinski definition) is 5. The summed E-state index contributed by atoms with van der Waals surface area (Å²) in [5.41, 5.74) is 0.994. The van der Waals surface area contributed by atoms with Gasteiger partial charge < -0.3 is 15.0 Å². The largest absolute Gasteiger partial charge is 0.466 e. The number of ether oxygens (including phenoxy) is 1. The summed E-state index contributed by atoms with van der Waals surface area (Å²) in [5.74, 6) is -0.393. The van der Waals surface area contributed by atoms with Crippen LogP contribution in [-0.2, 0) is 14.3 Å². The molecule has 1 saturated heterocycles. The molecule has 28 heavy (non-hydrogen) atoms. The van der Waals surface area contributed by atoms with Gasteiger partial charge in [-0.1, -0.05) is 18.2 Å². The zero-order valence-corrected chi connectivity index (χ0v) is 16.1. The van der Waals surface area contributed by atoms with E-state index in [0.717, 1.165) is 5.69 Å². The van der Waals surface area contributed by atoms with Gasteiger partial charge in [-0.05, 0) is 31.9 Å². The van der Waals surface area contributed by atoms with Crippen molar-refractivity contribution < 1.29 is 19.1 Å². The van der Waals surface area contributed by atoms with Crippen LogP contribution in [0.2, 0.25) is 0 Å². The Labute approximate surface area is 163 Å². The zero-order valence-electron chi connectivity index (χ0n) is 16.1. The third kappa shape index (κ3) is 4.39. The monoisotopic (exact) mass is 384 g/mol. The van der Waals surface area contributed by atoms with Gasteiger partial charge in [0, 0.05) is 26.1 Å². The summed E-state index contributed by atoms with van der Waals surface area (Å²) in [7, 11) is 0. The van der Waals surface area contributed by atoms with E-state index in [1.807, 2.05) is 30.3 Å². The average molecular weight is 384 g/mol. The Balaban J connectivity index is 1.76. The highest BCUT2D eigenvalue weighted by molar-refractivity contribution is 5.95. The highest BCUT2D eigenvalue weighted by Crippen LogP contribution is 2.22. The number of nitrogens with one attached hydrogen (secondary N) is 1. The fraction of sp³-hybridized carbons (Fsp3) is 0.400. The van der Waals surface area contributed by atoms with E-state index >= 15 is 0 Å². The van der Waals surface area contributed by atoms with Crippen LogP contribution in [0.15, 0.2) is 36.4 Å². The third-order valence-electron chi connectivity index (χ3n) is 4.64. The van der Waals surface area contributed by atoms with Crippen molar-refractivity contribution in [3.8, 4) is 5.69 Å². The van der Waals surface area contributed by atoms with Gasteiger partial charge in [0.05, 0.1) is 18.2 Å². The minimum absolute atomic E-state index is 0.166. The smallest absolute Gasteiger partial charge is 0.309 e. The SMILES string of the molecule is CCOC(=O)C1CCN(C(=O)c2cc(NC(C)=O)n(-c3ccccc3)n2)CC1. The molecule has 1 N–H and O–H groups in total. The molecule has 1 aliphatic rings. The molecule has 0 atom stereocenters. The molecule has 2 aromatic rings. The van der Waals surface area contributed by atoms with Crippen LogP contribution >= 0.6 is 0 Å². The zero-order chi connectivity index (χ0) is 20.1. The van der Waals surface area contributed by atoms with Gasteiger partial charge in [0.25, 0.3) is 5.91 Å². The molecule has 1 fully saturated rings. The molecule has 0 saturated carbocycles. The Morgan fingerprint density at radius 2 is 1.86 bits per heavy atom. The van der Waals surface area contributed by atoms with Crippen molar-refractivity contribution in [3.05, 3.63) is 42.1 Å². The van der Waals surface area contributed by atoms with E-state index in [0.29, 0.717) is 38.4 Å². The summed E-state index contributed by atoms with van der Waals surface area (Å²) >= 11 is 0. The Morgan fingerprint density at radius 3 is 2.46 bits per heavy atom. The summed E-state index contributed by atoms with van der Waals surface area (Å²) in [4.78, 5) is 38.0. The van der Waals surface area contributed by atoms with Crippen molar-refractivity contribution in [1.82, 2.24) is 14.7 Å². The fourth-order valence-electron chi connectivity index (χ4n) is 3.26. The van der Waals surface area contributed by atoms with Crippen LogP contribution in [0.1, 0.15) is 37.2 Å². The average Bonchev–Trinajstić information content (AvgIpc) is 3.11. The van der Waals surface area contributed by atoms with E-state index in [2.05, 4.69) is 10.4 Å². The summed E-state index contributed by atoms with van der Waals surface area (Å²) < 4.78 is 6.61. The van der Waals surface area contributed by atoms with Crippen LogP contribution in [-0.4, -0.2) is 52.2 Å². The van der Waals surface area contributed by atoms with Crippen LogP contribution in [0.4, 0.5) is 5.82 Å². The lowest BCUT2D eigenvalue weighted by Crippen LogP contribution is -2.40. The van der Waals surface area contributed by atoms with Crippen molar-refractivity contribution in [2.45, 2.75) is 26.7 Å². The molecule has 2 amide bonds. The normalized spacial score (nSPS) is 14.6. The van der Waals surface area contributed by atoms with E-state index in [9.17, 15) is 14.4 Å². The third-order valence-corrected chi connectivity index (χ3v) is 4.64. The highest BCUT2D eigenvalue weighted by Gasteiger charge is 2.30. The lowest BCUT2D eigenvalue weighted by molar-refractivity contribution is -0.149. The van der Waals surface area contributed by atoms with Crippen LogP contribution < -0.4 is 5.32 Å². The number of nitrogens with zero attached hydrogens (tertiary/aromatic N) is 3. The lowest BCUT2D eigenvalue weighted by Gasteiger charge is -2.30. The number of carbonyl (C=O) groups is 3. The predicted molar refractivity (Wildman–Crippen MR) is 103 cm³/mol. The first-order chi connectivity index (χ1) is 13.5. The number of benzene rings is 1. The van der Waals surface area contributed by atoms with Gasteiger partial charge in [0.1, 0.15) is 5.82 Å². The number of esters is 1. The van der Waals surface area contributed by atoms with E-state index in [1.165, 1.54) is 6.92 Å². The molecule has 3 rings (SSSR count). The summed E-state index contributed by atoms with van der Waals surface area (Å²) in [5, 5.41) is 7.13. The van der Waals surface area contributed by atoms with Gasteiger partial charge in [-0.2, -0.15) is 5.10 Å². The first-order valence-electron chi connectivity index (χ1n) is 9.38. The van der Waals surface area contributed by atoms with Crippen molar-refractivity contribution in [3.63, 3.8) is 0 Å². The van der Waals surface area contributed by atoms with Crippen LogP contribution in [0.25, 0.3) is 5.69 Å². The molecule has 1 aromatic heterocycles. The number of hydrogen-bond donors (Lipinski definition) is 1. The molecule has 0 spiro atoms. The Morgan fingerprint density at radius 1 is 1.18 bits per heavy atom. The van der Waals surface area contributed by atoms with Crippen molar-refractivity contribution in [2.75, 3.05) is 25.0 Å². The Kier molecular flexibility index (Phi) is 6.08. The number of para-hydroxylation sites is 1. The maximum atomic E-state index is 12.9. The molecule has 0 bridgehead atoms. The minimum Gasteiger partial charge on any atom is -0.466 e. The molecular formula is C20H24N4O4. The predicted octanol–water partition coefficient (Wildman–Crippen LogP) is 2.25. The van der Waals surface area contributed by atoms with Gasteiger partial charge in [-0.15, -0.1) is 0 Å². The lowest BCUT2D eigenvalue weighted by atomic mass is 9.97. The number of amides is 2. The van der Waals surface area contributed by atoms with E-state index in [-0.39, 0.29) is 29.4 Å². The molecule has 0 aliphatic carbocycles. The molecule has 148 valence electrons. The van der Waals surface area contributed by atoms with Crippen molar-refractivity contribution >= 4 is 23.6 Å². The quantitative estimate of drug-likeness (QED) is 0.798. The standard InChI is InChI=1S/C20H24N4O4/c1-3-28-20(27)15-9-11-23(12-10-15)19(26)17-13-18(21-14(2)25)24(22-17)16-7-5-4-6-8-16/h4-8,13,15H,3,9-12H2,1-2H3,(H,21,25). The van der Waals surface area contributed by atoms with Crippen LogP contribution in [0.5, 0.6) is 0 Å². The molecule has 0 unspecified atom stereocenters. The number of anilines is 1. The van der Waals surface area contributed by atoms with E-state index in [1.54, 1.807) is 22.6 Å². The Bertz CT molecular complexity index is 854. The number of aromatic nitrogens is 2. The van der Waals surface area contributed by atoms with Gasteiger partial charge in [0.15, 0.2) is 5.69 Å². The second-order valence-corrected chi connectivity index (χ2v) is 6.66. The maximum Gasteiger partial charge on any atom is 0.309 e. The molecule has 0 radical (unpaired) electrons. The van der Waals surface area contributed by atoms with E-state index in [4.69, 9.17) is 4.74 Å². The van der Waals surface area contributed by atoms with Crippen molar-refractivity contribution in [2.24, 2.45) is 5.92 Å². The maximum absolute atomic E-state index is 12.9. The second kappa shape index (κ2) is 8.69. The van der Waals surface area contributed by atoms with Crippen LogP contribution in [0, 0.1) is 5.92 Å². The molecular weight excluding hydrogens is 360 g/mol. The first-order valence-corrected chi connectivity index (χ1v) is 9.38. The van der Waals surface area contributed by atoms with Gasteiger partial charge in [-0.3, -0.25) is 14.4 Å². The molecule has 1 aliphatic heterocycles. The minimum atomic E-state index is -0.244. The van der Waals surface area contributed by atoms with Gasteiger partial charge >= 0.3 is 5.97 Å².